The van der Waals surface area contributed by atoms with Gasteiger partial charge in [-0.2, -0.15) is 0 Å². The van der Waals surface area contributed by atoms with Crippen LogP contribution in [0.2, 0.25) is 0 Å². The minimum absolute atomic E-state index is 0.846. The van der Waals surface area contributed by atoms with Crippen LogP contribution in [0.3, 0.4) is 0 Å². The van der Waals surface area contributed by atoms with Crippen LogP contribution in [0.4, 0.5) is 0 Å². The van der Waals surface area contributed by atoms with E-state index in [1.54, 1.807) is 0 Å². The van der Waals surface area contributed by atoms with E-state index in [1.807, 2.05) is 19.4 Å². The summed E-state index contributed by atoms with van der Waals surface area (Å²) in [5, 5.41) is 0. The number of unbranched alkanes of at least 4 members (excludes halogenated alkanes) is 3. The smallest absolute Gasteiger partial charge is 0.241 e. The first-order valence-electron chi connectivity index (χ1n) is 5.53. The molecule has 0 aliphatic rings. The van der Waals surface area contributed by atoms with E-state index >= 15 is 0 Å². The van der Waals surface area contributed by atoms with Gasteiger partial charge in [-0.15, -0.1) is 0 Å². The van der Waals surface area contributed by atoms with Gasteiger partial charge >= 0.3 is 0 Å². The summed E-state index contributed by atoms with van der Waals surface area (Å²) in [6.07, 6.45) is 11.1. The van der Waals surface area contributed by atoms with E-state index < -0.39 is 0 Å². The molecule has 0 fully saturated rings. The summed E-state index contributed by atoms with van der Waals surface area (Å²) in [6.45, 7) is 4.94. The van der Waals surface area contributed by atoms with Gasteiger partial charge in [0, 0.05) is 13.2 Å². The van der Waals surface area contributed by atoms with E-state index in [9.17, 15) is 0 Å². The highest BCUT2D eigenvalue weighted by atomic mass is 16.5. The van der Waals surface area contributed by atoms with Crippen molar-refractivity contribution in [2.75, 3.05) is 13.2 Å². The molecule has 80 valence electrons. The lowest BCUT2D eigenvalue weighted by Crippen LogP contribution is -2.30. The Morgan fingerprint density at radius 2 is 2.07 bits per heavy atom. The number of aryl methyl sites for hydroxylation is 1. The van der Waals surface area contributed by atoms with Gasteiger partial charge < -0.3 is 4.74 Å². The minimum Gasteiger partial charge on any atom is -0.382 e. The van der Waals surface area contributed by atoms with Crippen LogP contribution < -0.4 is 4.57 Å². The molecule has 0 aliphatic heterocycles. The van der Waals surface area contributed by atoms with Crippen molar-refractivity contribution >= 4 is 0 Å². The Morgan fingerprint density at radius 1 is 1.21 bits per heavy atom. The highest BCUT2D eigenvalue weighted by Crippen LogP contribution is 1.99. The second-order valence-corrected chi connectivity index (χ2v) is 3.46. The third kappa shape index (κ3) is 5.02. The first kappa shape index (κ1) is 11.2. The minimum atomic E-state index is 0.846. The molecule has 1 aromatic rings. The van der Waals surface area contributed by atoms with E-state index in [4.69, 9.17) is 4.74 Å². The lowest BCUT2D eigenvalue weighted by Gasteiger charge is -2.00. The normalized spacial score (nSPS) is 10.6. The Bertz CT molecular complexity index is 209. The maximum absolute atomic E-state index is 5.28. The topological polar surface area (TPSA) is 28.9 Å². The molecule has 1 aromatic heterocycles. The fraction of sp³-hybridized carbons (Fsp3) is 0.727. The number of H-pyrrole nitrogens is 1. The molecule has 0 aromatic carbocycles. The molecule has 0 atom stereocenters. The van der Waals surface area contributed by atoms with Crippen LogP contribution >= 0.6 is 0 Å². The molecule has 0 aliphatic carbocycles. The highest BCUT2D eigenvalue weighted by molar-refractivity contribution is 4.55. The van der Waals surface area contributed by atoms with Crippen LogP contribution in [0.1, 0.15) is 32.6 Å². The van der Waals surface area contributed by atoms with Gasteiger partial charge in [0.05, 0.1) is 6.54 Å². The van der Waals surface area contributed by atoms with Crippen LogP contribution in [0.5, 0.6) is 0 Å². The fourth-order valence-corrected chi connectivity index (χ4v) is 1.46. The molecule has 3 heteroatoms. The summed E-state index contributed by atoms with van der Waals surface area (Å²) in [5.41, 5.74) is 0. The first-order valence-corrected chi connectivity index (χ1v) is 5.53. The Balaban J connectivity index is 1.85. The number of imidazole rings is 1. The number of hydrogen-bond acceptors (Lipinski definition) is 1. The van der Waals surface area contributed by atoms with Crippen molar-refractivity contribution in [3.8, 4) is 0 Å². The highest BCUT2D eigenvalue weighted by Gasteiger charge is 1.96. The van der Waals surface area contributed by atoms with Crippen molar-refractivity contribution in [1.82, 2.24) is 4.98 Å². The zero-order valence-electron chi connectivity index (χ0n) is 9.04. The Kier molecular flexibility index (Phi) is 6.07. The van der Waals surface area contributed by atoms with E-state index in [0.717, 1.165) is 19.8 Å². The average molecular weight is 197 g/mol. The fourth-order valence-electron chi connectivity index (χ4n) is 1.46. The van der Waals surface area contributed by atoms with E-state index in [0.29, 0.717) is 0 Å². The molecule has 0 saturated carbocycles. The number of aromatic nitrogens is 2. The molecule has 0 spiro atoms. The molecule has 0 saturated heterocycles. The number of hydrogen-bond donors (Lipinski definition) is 1. The molecular formula is C11H21N2O+. The summed E-state index contributed by atoms with van der Waals surface area (Å²) >= 11 is 0. The van der Waals surface area contributed by atoms with Gasteiger partial charge in [0.15, 0.2) is 0 Å². The summed E-state index contributed by atoms with van der Waals surface area (Å²) in [4.78, 5) is 3.04. The molecular weight excluding hydrogens is 176 g/mol. The molecule has 0 bridgehead atoms. The van der Waals surface area contributed by atoms with E-state index in [1.165, 1.54) is 25.7 Å². The van der Waals surface area contributed by atoms with Gasteiger partial charge in [0.2, 0.25) is 6.33 Å². The molecule has 0 amide bonds. The van der Waals surface area contributed by atoms with Crippen LogP contribution in [-0.4, -0.2) is 18.2 Å². The Labute approximate surface area is 86.1 Å². The standard InChI is InChI=1S/C11H20N2O/c1-2-14-10-6-4-3-5-8-13-9-7-12-11-13/h7,9,11H,2-6,8,10H2,1H3/p+1. The van der Waals surface area contributed by atoms with Crippen molar-refractivity contribution in [3.63, 3.8) is 0 Å². The number of nitrogens with one attached hydrogen (secondary N) is 1. The lowest BCUT2D eigenvalue weighted by atomic mass is 10.2. The van der Waals surface area contributed by atoms with Gasteiger partial charge in [-0.25, -0.2) is 4.57 Å². The van der Waals surface area contributed by atoms with Crippen molar-refractivity contribution in [1.29, 1.82) is 0 Å². The van der Waals surface area contributed by atoms with Crippen LogP contribution in [0, 0.1) is 0 Å². The summed E-state index contributed by atoms with van der Waals surface area (Å²) in [5.74, 6) is 0. The monoisotopic (exact) mass is 197 g/mol. The third-order valence-corrected chi connectivity index (χ3v) is 2.26. The number of rotatable bonds is 8. The maximum Gasteiger partial charge on any atom is 0.241 e. The van der Waals surface area contributed by atoms with Crippen molar-refractivity contribution in [2.24, 2.45) is 0 Å². The summed E-state index contributed by atoms with van der Waals surface area (Å²) in [6, 6.07) is 0. The first-order chi connectivity index (χ1) is 6.93. The predicted octanol–water partition coefficient (Wildman–Crippen LogP) is 1.90. The van der Waals surface area contributed by atoms with Crippen molar-refractivity contribution < 1.29 is 9.30 Å². The largest absolute Gasteiger partial charge is 0.382 e. The molecule has 3 nitrogen and oxygen atoms in total. The van der Waals surface area contributed by atoms with Gasteiger partial charge in [0.1, 0.15) is 12.4 Å². The third-order valence-electron chi connectivity index (χ3n) is 2.26. The quantitative estimate of drug-likeness (QED) is 0.500. The SMILES string of the molecule is CCOCCCCCC[n+]1cc[nH]c1. The van der Waals surface area contributed by atoms with Crippen LogP contribution in [0.25, 0.3) is 0 Å². The zero-order valence-corrected chi connectivity index (χ0v) is 9.04. The van der Waals surface area contributed by atoms with Gasteiger partial charge in [-0.3, -0.25) is 4.98 Å². The van der Waals surface area contributed by atoms with E-state index in [2.05, 4.69) is 15.7 Å². The maximum atomic E-state index is 5.28. The summed E-state index contributed by atoms with van der Waals surface area (Å²) in [7, 11) is 0. The van der Waals surface area contributed by atoms with Gasteiger partial charge in [-0.05, 0) is 26.2 Å². The Hall–Kier alpha value is -0.830. The van der Waals surface area contributed by atoms with Crippen LogP contribution in [-0.2, 0) is 11.3 Å². The predicted molar refractivity (Wildman–Crippen MR) is 55.9 cm³/mol. The van der Waals surface area contributed by atoms with E-state index in [-0.39, 0.29) is 0 Å². The lowest BCUT2D eigenvalue weighted by molar-refractivity contribution is -0.696. The second-order valence-electron chi connectivity index (χ2n) is 3.46. The second kappa shape index (κ2) is 7.56. The van der Waals surface area contributed by atoms with Crippen LogP contribution in [0.15, 0.2) is 18.7 Å². The molecule has 1 rings (SSSR count). The molecule has 0 unspecified atom stereocenters. The van der Waals surface area contributed by atoms with Gasteiger partial charge in [-0.1, -0.05) is 6.42 Å². The van der Waals surface area contributed by atoms with Crippen molar-refractivity contribution in [2.45, 2.75) is 39.2 Å². The number of nitrogens with zero attached hydrogens (tertiary/aromatic N) is 1. The molecule has 0 radical (unpaired) electrons. The zero-order chi connectivity index (χ0) is 10.1. The Morgan fingerprint density at radius 3 is 2.79 bits per heavy atom. The number of aromatic amines is 1. The molecule has 1 N–H and O–H groups in total. The molecule has 1 heterocycles. The number of ether oxygens (including phenoxy) is 1. The molecule has 14 heavy (non-hydrogen) atoms. The van der Waals surface area contributed by atoms with Crippen molar-refractivity contribution in [3.05, 3.63) is 18.7 Å². The summed E-state index contributed by atoms with van der Waals surface area (Å²) < 4.78 is 7.46. The average Bonchev–Trinajstić information content (AvgIpc) is 2.69. The van der Waals surface area contributed by atoms with Gasteiger partial charge in [0.25, 0.3) is 0 Å².